The third kappa shape index (κ3) is 2.49. The fraction of sp³-hybridized carbons (Fsp3) is 0.350. The first-order chi connectivity index (χ1) is 13.0. The van der Waals surface area contributed by atoms with Crippen molar-refractivity contribution in [2.24, 2.45) is 5.41 Å². The van der Waals surface area contributed by atoms with Crippen molar-refractivity contribution < 1.29 is 14.3 Å². The quantitative estimate of drug-likeness (QED) is 0.770. The Hall–Kier alpha value is -2.93. The molecule has 27 heavy (non-hydrogen) atoms. The number of carbonyl (C=O) groups is 1. The molecule has 7 nitrogen and oxygen atoms in total. The van der Waals surface area contributed by atoms with E-state index in [0.29, 0.717) is 17.1 Å². The Morgan fingerprint density at radius 2 is 2.19 bits per heavy atom. The van der Waals surface area contributed by atoms with Crippen LogP contribution in [0.5, 0.6) is 5.75 Å². The maximum Gasteiger partial charge on any atom is 0.262 e. The molecule has 3 aromatic heterocycles. The summed E-state index contributed by atoms with van der Waals surface area (Å²) in [5.41, 5.74) is 2.07. The van der Waals surface area contributed by atoms with Crippen LogP contribution >= 0.6 is 0 Å². The van der Waals surface area contributed by atoms with Crippen LogP contribution in [0.2, 0.25) is 0 Å². The zero-order chi connectivity index (χ0) is 18.6. The van der Waals surface area contributed by atoms with E-state index in [2.05, 4.69) is 17.2 Å². The highest BCUT2D eigenvalue weighted by atomic mass is 16.5. The minimum atomic E-state index is -0.283. The zero-order valence-corrected chi connectivity index (χ0v) is 15.2. The van der Waals surface area contributed by atoms with E-state index in [-0.39, 0.29) is 16.9 Å². The number of hydrogen-bond acceptors (Lipinski definition) is 5. The summed E-state index contributed by atoms with van der Waals surface area (Å²) in [6, 6.07) is 7.13. The SMILES string of the molecule is COc1cc2nc(C34CC(C)(CO3)C4)cn2cc1C(=O)Nc1ccccn1. The number of nitrogens with zero attached hydrogens (tertiary/aromatic N) is 3. The Bertz CT molecular complexity index is 1040. The van der Waals surface area contributed by atoms with Crippen LogP contribution in [0.4, 0.5) is 5.82 Å². The smallest absolute Gasteiger partial charge is 0.262 e. The second-order valence-electron chi connectivity index (χ2n) is 7.76. The van der Waals surface area contributed by atoms with Crippen molar-refractivity contribution in [1.82, 2.24) is 14.4 Å². The summed E-state index contributed by atoms with van der Waals surface area (Å²) in [6.45, 7) is 3.03. The number of methoxy groups -OCH3 is 1. The predicted octanol–water partition coefficient (Wildman–Crippen LogP) is 3.02. The highest BCUT2D eigenvalue weighted by Gasteiger charge is 2.61. The van der Waals surface area contributed by atoms with Crippen LogP contribution in [0.15, 0.2) is 42.9 Å². The molecular formula is C20H20N4O3. The Kier molecular flexibility index (Phi) is 3.33. The van der Waals surface area contributed by atoms with E-state index < -0.39 is 0 Å². The topological polar surface area (TPSA) is 77.8 Å². The molecule has 1 saturated carbocycles. The molecule has 2 aliphatic heterocycles. The van der Waals surface area contributed by atoms with Gasteiger partial charge in [0, 0.05) is 24.7 Å². The number of nitrogens with one attached hydrogen (secondary N) is 1. The van der Waals surface area contributed by atoms with Crippen molar-refractivity contribution in [3.63, 3.8) is 0 Å². The predicted molar refractivity (Wildman–Crippen MR) is 98.9 cm³/mol. The summed E-state index contributed by atoms with van der Waals surface area (Å²) in [6.07, 6.45) is 7.32. The molecule has 7 heteroatoms. The number of pyridine rings is 2. The number of carbonyl (C=O) groups excluding carboxylic acids is 1. The lowest BCUT2D eigenvalue weighted by molar-refractivity contribution is -0.0200. The first kappa shape index (κ1) is 16.3. The minimum Gasteiger partial charge on any atom is -0.496 e. The van der Waals surface area contributed by atoms with Gasteiger partial charge in [0.1, 0.15) is 22.8 Å². The van der Waals surface area contributed by atoms with Crippen LogP contribution in [0.3, 0.4) is 0 Å². The summed E-state index contributed by atoms with van der Waals surface area (Å²) < 4.78 is 13.3. The van der Waals surface area contributed by atoms with E-state index in [0.717, 1.165) is 30.8 Å². The van der Waals surface area contributed by atoms with E-state index in [1.165, 1.54) is 0 Å². The van der Waals surface area contributed by atoms with Crippen LogP contribution < -0.4 is 10.1 Å². The van der Waals surface area contributed by atoms with Gasteiger partial charge in [0.25, 0.3) is 5.91 Å². The Balaban J connectivity index is 1.50. The number of aromatic nitrogens is 3. The monoisotopic (exact) mass is 364 g/mol. The van der Waals surface area contributed by atoms with E-state index in [4.69, 9.17) is 14.5 Å². The fourth-order valence-electron chi connectivity index (χ4n) is 4.29. The lowest BCUT2D eigenvalue weighted by Gasteiger charge is -2.41. The van der Waals surface area contributed by atoms with E-state index in [1.54, 1.807) is 37.7 Å². The van der Waals surface area contributed by atoms with Crippen LogP contribution in [0.25, 0.3) is 5.65 Å². The summed E-state index contributed by atoms with van der Waals surface area (Å²) in [5.74, 6) is 0.675. The molecule has 0 atom stereocenters. The summed E-state index contributed by atoms with van der Waals surface area (Å²) in [7, 11) is 1.55. The standard InChI is InChI=1S/C20H20N4O3/c1-19-10-20(11-19,27-12-19)15-9-24-8-13(14(26-2)7-17(24)22-15)18(25)23-16-5-3-4-6-21-16/h3-9H,10-12H2,1-2H3,(H,21,23,25). The van der Waals surface area contributed by atoms with Gasteiger partial charge in [0.05, 0.1) is 25.0 Å². The van der Waals surface area contributed by atoms with Crippen LogP contribution in [-0.2, 0) is 10.3 Å². The molecule has 1 aliphatic carbocycles. The Labute approximate surface area is 156 Å². The first-order valence-electron chi connectivity index (χ1n) is 8.94. The van der Waals surface area contributed by atoms with Crippen molar-refractivity contribution in [1.29, 1.82) is 0 Å². The average Bonchev–Trinajstić information content (AvgIpc) is 3.31. The molecule has 3 aliphatic rings. The van der Waals surface area contributed by atoms with Gasteiger partial charge < -0.3 is 19.2 Å². The lowest BCUT2D eigenvalue weighted by Crippen LogP contribution is -2.40. The van der Waals surface area contributed by atoms with Crippen LogP contribution in [0.1, 0.15) is 35.8 Å². The van der Waals surface area contributed by atoms with Crippen molar-refractivity contribution in [3.05, 3.63) is 54.1 Å². The van der Waals surface area contributed by atoms with Crippen molar-refractivity contribution in [3.8, 4) is 5.75 Å². The molecule has 3 fully saturated rings. The first-order valence-corrected chi connectivity index (χ1v) is 8.94. The Morgan fingerprint density at radius 1 is 1.33 bits per heavy atom. The van der Waals surface area contributed by atoms with Gasteiger partial charge in [-0.05, 0) is 30.4 Å². The molecule has 6 rings (SSSR count). The van der Waals surface area contributed by atoms with Crippen molar-refractivity contribution >= 4 is 17.4 Å². The highest BCUT2D eigenvalue weighted by Crippen LogP contribution is 2.62. The fourth-order valence-corrected chi connectivity index (χ4v) is 4.29. The maximum absolute atomic E-state index is 12.7. The minimum absolute atomic E-state index is 0.273. The van der Waals surface area contributed by atoms with Crippen LogP contribution in [-0.4, -0.2) is 34.0 Å². The normalized spacial score (nSPS) is 26.0. The second-order valence-corrected chi connectivity index (χ2v) is 7.76. The summed E-state index contributed by atoms with van der Waals surface area (Å²) in [4.78, 5) is 21.6. The van der Waals surface area contributed by atoms with Crippen LogP contribution in [0, 0.1) is 5.41 Å². The van der Waals surface area contributed by atoms with Gasteiger partial charge in [0.15, 0.2) is 0 Å². The average molecular weight is 364 g/mol. The summed E-state index contributed by atoms with van der Waals surface area (Å²) in [5, 5.41) is 2.79. The number of fused-ring (bicyclic) bond motifs is 2. The molecule has 0 spiro atoms. The molecule has 1 N–H and O–H groups in total. The maximum atomic E-state index is 12.7. The molecule has 2 saturated heterocycles. The lowest BCUT2D eigenvalue weighted by atomic mass is 9.63. The molecule has 0 radical (unpaired) electrons. The van der Waals surface area contributed by atoms with Gasteiger partial charge in [-0.2, -0.15) is 0 Å². The van der Waals surface area contributed by atoms with Gasteiger partial charge >= 0.3 is 0 Å². The van der Waals surface area contributed by atoms with Gasteiger partial charge in [-0.15, -0.1) is 0 Å². The summed E-state index contributed by atoms with van der Waals surface area (Å²) >= 11 is 0. The third-order valence-corrected chi connectivity index (χ3v) is 5.51. The largest absolute Gasteiger partial charge is 0.496 e. The second kappa shape index (κ2) is 5.53. The number of amides is 1. The molecule has 2 bridgehead atoms. The van der Waals surface area contributed by atoms with Crippen molar-refractivity contribution in [2.75, 3.05) is 19.0 Å². The molecule has 138 valence electrons. The highest BCUT2D eigenvalue weighted by molar-refractivity contribution is 6.05. The van der Waals surface area contributed by atoms with E-state index >= 15 is 0 Å². The Morgan fingerprint density at radius 3 is 2.85 bits per heavy atom. The molecule has 0 aromatic carbocycles. The number of anilines is 1. The molecular weight excluding hydrogens is 344 g/mol. The van der Waals surface area contributed by atoms with Gasteiger partial charge in [-0.1, -0.05) is 13.0 Å². The van der Waals surface area contributed by atoms with E-state index in [9.17, 15) is 4.79 Å². The number of hydrogen-bond donors (Lipinski definition) is 1. The zero-order valence-electron chi connectivity index (χ0n) is 15.2. The number of ether oxygens (including phenoxy) is 2. The third-order valence-electron chi connectivity index (χ3n) is 5.51. The van der Waals surface area contributed by atoms with Crippen molar-refractivity contribution in [2.45, 2.75) is 25.4 Å². The molecule has 3 aromatic rings. The number of rotatable bonds is 4. The number of imidazole rings is 1. The van der Waals surface area contributed by atoms with E-state index in [1.807, 2.05) is 16.7 Å². The van der Waals surface area contributed by atoms with Gasteiger partial charge in [0.2, 0.25) is 0 Å². The van der Waals surface area contributed by atoms with Gasteiger partial charge in [-0.25, -0.2) is 9.97 Å². The molecule has 1 amide bonds. The van der Waals surface area contributed by atoms with Gasteiger partial charge in [-0.3, -0.25) is 4.79 Å². The molecule has 5 heterocycles. The molecule has 0 unspecified atom stereocenters.